The Morgan fingerprint density at radius 3 is 2.79 bits per heavy atom. The van der Waals surface area contributed by atoms with Gasteiger partial charge in [-0.15, -0.1) is 10.8 Å². The van der Waals surface area contributed by atoms with E-state index in [0.717, 1.165) is 48.9 Å². The molecule has 0 aromatic carbocycles. The lowest BCUT2D eigenvalue weighted by Crippen LogP contribution is -2.30. The molecule has 1 fully saturated rings. The Kier molecular flexibility index (Phi) is 5.11. The number of anilines is 3. The van der Waals surface area contributed by atoms with Crippen LogP contribution in [0.5, 0.6) is 0 Å². The van der Waals surface area contributed by atoms with Crippen molar-refractivity contribution in [2.24, 2.45) is 0 Å². The Morgan fingerprint density at radius 1 is 1.29 bits per heavy atom. The van der Waals surface area contributed by atoms with Gasteiger partial charge in [0.15, 0.2) is 5.82 Å². The number of hydrogen-bond acceptors (Lipinski definition) is 4. The Morgan fingerprint density at radius 2 is 2.08 bits per heavy atom. The molecule has 0 aliphatic carbocycles. The highest BCUT2D eigenvalue weighted by molar-refractivity contribution is 5.68. The molecule has 1 aliphatic rings. The van der Waals surface area contributed by atoms with Gasteiger partial charge in [-0.05, 0) is 44.4 Å². The van der Waals surface area contributed by atoms with Crippen LogP contribution < -0.4 is 15.5 Å². The Hall–Kier alpha value is -2.39. The molecule has 2 aromatic heterocycles. The van der Waals surface area contributed by atoms with Crippen molar-refractivity contribution in [3.8, 4) is 0 Å². The molecule has 0 saturated carbocycles. The number of nitrogen functional groups attached to an aromatic ring is 1. The van der Waals surface area contributed by atoms with Gasteiger partial charge >= 0.3 is 0 Å². The van der Waals surface area contributed by atoms with Gasteiger partial charge in [0, 0.05) is 44.0 Å². The molecule has 1 aliphatic heterocycles. The van der Waals surface area contributed by atoms with Gasteiger partial charge < -0.3 is 15.5 Å². The largest absolute Gasteiger partial charge is 0.399 e. The van der Waals surface area contributed by atoms with Crippen LogP contribution in [-0.2, 0) is 0 Å². The number of fused-ring (bicyclic) bond motifs is 1. The number of pyridine rings is 1. The first-order valence-corrected chi connectivity index (χ1v) is 8.80. The summed E-state index contributed by atoms with van der Waals surface area (Å²) in [5.74, 6) is 2.04. The number of aromatic nitrogens is 2. The highest BCUT2D eigenvalue weighted by Gasteiger charge is 2.17. The standard InChI is InChI=1S/C19H26N5/c1-3-5-10-23(9-4-2)19-14-16(20)13-17-15-18(21-24(17)19)22-11-7-6-8-12-22/h1,5,13-15H,4,6-12,20H2,2H3. The molecule has 5 heteroatoms. The van der Waals surface area contributed by atoms with Crippen molar-refractivity contribution in [3.05, 3.63) is 36.6 Å². The lowest BCUT2D eigenvalue weighted by Gasteiger charge is -2.26. The molecule has 2 aromatic rings. The van der Waals surface area contributed by atoms with E-state index >= 15 is 0 Å². The first-order valence-electron chi connectivity index (χ1n) is 8.80. The van der Waals surface area contributed by atoms with E-state index in [2.05, 4.69) is 28.5 Å². The third kappa shape index (κ3) is 3.41. The fourth-order valence-corrected chi connectivity index (χ4v) is 3.33. The van der Waals surface area contributed by atoms with E-state index in [1.807, 2.05) is 22.7 Å². The summed E-state index contributed by atoms with van der Waals surface area (Å²) in [4.78, 5) is 4.60. The van der Waals surface area contributed by atoms with Crippen molar-refractivity contribution < 1.29 is 0 Å². The third-order valence-electron chi connectivity index (χ3n) is 4.48. The van der Waals surface area contributed by atoms with Gasteiger partial charge in [-0.3, -0.25) is 0 Å². The van der Waals surface area contributed by atoms with E-state index in [0.29, 0.717) is 6.54 Å². The van der Waals surface area contributed by atoms with Gasteiger partial charge in [0.1, 0.15) is 5.82 Å². The van der Waals surface area contributed by atoms with Crippen LogP contribution in [0.2, 0.25) is 0 Å². The minimum absolute atomic E-state index is 0.696. The van der Waals surface area contributed by atoms with Crippen molar-refractivity contribution in [2.75, 3.05) is 41.7 Å². The van der Waals surface area contributed by atoms with Crippen LogP contribution in [0.4, 0.5) is 17.3 Å². The summed E-state index contributed by atoms with van der Waals surface area (Å²) in [6, 6.07) is 6.11. The second kappa shape index (κ2) is 7.45. The second-order valence-corrected chi connectivity index (χ2v) is 6.35. The summed E-state index contributed by atoms with van der Waals surface area (Å²) < 4.78 is 2.00. The van der Waals surface area contributed by atoms with E-state index in [1.54, 1.807) is 0 Å². The van der Waals surface area contributed by atoms with Crippen LogP contribution in [0, 0.1) is 6.58 Å². The maximum atomic E-state index is 6.14. The zero-order chi connectivity index (χ0) is 16.9. The van der Waals surface area contributed by atoms with Crippen molar-refractivity contribution in [1.82, 2.24) is 9.61 Å². The van der Waals surface area contributed by atoms with Crippen molar-refractivity contribution in [3.63, 3.8) is 0 Å². The molecule has 0 atom stereocenters. The van der Waals surface area contributed by atoms with Crippen LogP contribution in [0.15, 0.2) is 30.0 Å². The topological polar surface area (TPSA) is 49.8 Å². The molecule has 0 spiro atoms. The molecular formula is C19H26N5. The van der Waals surface area contributed by atoms with Crippen LogP contribution in [0.25, 0.3) is 5.52 Å². The molecule has 0 bridgehead atoms. The highest BCUT2D eigenvalue weighted by Crippen LogP contribution is 2.26. The van der Waals surface area contributed by atoms with Gasteiger partial charge in [-0.25, -0.2) is 4.52 Å². The van der Waals surface area contributed by atoms with Gasteiger partial charge in [0.05, 0.1) is 5.52 Å². The number of piperidine rings is 1. The number of rotatable bonds is 6. The molecule has 127 valence electrons. The summed E-state index contributed by atoms with van der Waals surface area (Å²) in [5, 5.41) is 4.87. The van der Waals surface area contributed by atoms with Crippen LogP contribution in [0.1, 0.15) is 32.6 Å². The zero-order valence-corrected chi connectivity index (χ0v) is 14.4. The summed E-state index contributed by atoms with van der Waals surface area (Å²) in [6.45, 7) is 11.3. The summed E-state index contributed by atoms with van der Waals surface area (Å²) in [5.41, 5.74) is 10.5. The lowest BCUT2D eigenvalue weighted by molar-refractivity contribution is 0.572. The number of nitrogens with two attached hydrogens (primary N) is 1. The third-order valence-corrected chi connectivity index (χ3v) is 4.48. The maximum absolute atomic E-state index is 6.14. The molecule has 3 rings (SSSR count). The monoisotopic (exact) mass is 324 g/mol. The summed E-state index contributed by atoms with van der Waals surface area (Å²) in [6.07, 6.45) is 6.66. The van der Waals surface area contributed by atoms with E-state index in [1.165, 1.54) is 19.3 Å². The molecule has 24 heavy (non-hydrogen) atoms. The van der Waals surface area contributed by atoms with E-state index in [9.17, 15) is 0 Å². The maximum Gasteiger partial charge on any atom is 0.151 e. The zero-order valence-electron chi connectivity index (χ0n) is 14.4. The van der Waals surface area contributed by atoms with E-state index in [4.69, 9.17) is 17.4 Å². The predicted octanol–water partition coefficient (Wildman–Crippen LogP) is 3.27. The summed E-state index contributed by atoms with van der Waals surface area (Å²) in [7, 11) is 0. The smallest absolute Gasteiger partial charge is 0.151 e. The summed E-state index contributed by atoms with van der Waals surface area (Å²) >= 11 is 0. The Balaban J connectivity index is 2.02. The molecule has 0 unspecified atom stereocenters. The van der Waals surface area contributed by atoms with Crippen LogP contribution in [0.3, 0.4) is 0 Å². The normalized spacial score (nSPS) is 14.6. The average Bonchev–Trinajstić information content (AvgIpc) is 3.02. The fourth-order valence-electron chi connectivity index (χ4n) is 3.33. The molecular weight excluding hydrogens is 298 g/mol. The molecule has 0 amide bonds. The average molecular weight is 324 g/mol. The SMILES string of the molecule is [CH]=C=CCN(CCC)c1cc(N)cc2cc(N3CCCCC3)nn12. The molecule has 1 radical (unpaired) electrons. The fraction of sp³-hybridized carbons (Fsp3) is 0.474. The van der Waals surface area contributed by atoms with E-state index in [-0.39, 0.29) is 0 Å². The molecule has 3 heterocycles. The highest BCUT2D eigenvalue weighted by atomic mass is 15.4. The minimum Gasteiger partial charge on any atom is -0.399 e. The van der Waals surface area contributed by atoms with Gasteiger partial charge in [-0.2, -0.15) is 0 Å². The van der Waals surface area contributed by atoms with Crippen molar-refractivity contribution >= 4 is 22.8 Å². The Bertz CT molecular complexity index is 736. The quantitative estimate of drug-likeness (QED) is 0.829. The minimum atomic E-state index is 0.696. The van der Waals surface area contributed by atoms with Gasteiger partial charge in [0.2, 0.25) is 0 Å². The van der Waals surface area contributed by atoms with Gasteiger partial charge in [0.25, 0.3) is 0 Å². The Labute approximate surface area is 144 Å². The van der Waals surface area contributed by atoms with Crippen molar-refractivity contribution in [2.45, 2.75) is 32.6 Å². The second-order valence-electron chi connectivity index (χ2n) is 6.35. The predicted molar refractivity (Wildman–Crippen MR) is 101 cm³/mol. The lowest BCUT2D eigenvalue weighted by atomic mass is 10.1. The van der Waals surface area contributed by atoms with Crippen molar-refractivity contribution in [1.29, 1.82) is 0 Å². The first-order chi connectivity index (χ1) is 11.7. The molecule has 2 N–H and O–H groups in total. The van der Waals surface area contributed by atoms with Gasteiger partial charge in [-0.1, -0.05) is 6.92 Å². The van der Waals surface area contributed by atoms with Crippen LogP contribution >= 0.6 is 0 Å². The van der Waals surface area contributed by atoms with Crippen LogP contribution in [-0.4, -0.2) is 35.8 Å². The van der Waals surface area contributed by atoms with E-state index < -0.39 is 0 Å². The number of hydrogen-bond donors (Lipinski definition) is 1. The molecule has 1 saturated heterocycles. The molecule has 5 nitrogen and oxygen atoms in total. The number of nitrogens with zero attached hydrogens (tertiary/aromatic N) is 4. The first kappa shape index (κ1) is 16.5.